The first-order chi connectivity index (χ1) is 7.50. The summed E-state index contributed by atoms with van der Waals surface area (Å²) in [5.74, 6) is 0.356. The third-order valence-electron chi connectivity index (χ3n) is 2.62. The fraction of sp³-hybridized carbons (Fsp3) is 0.400. The molecule has 0 saturated carbocycles. The Morgan fingerprint density at radius 3 is 2.94 bits per heavy atom. The topological polar surface area (TPSA) is 59.2 Å². The lowest BCUT2D eigenvalue weighted by Crippen LogP contribution is -2.27. The lowest BCUT2D eigenvalue weighted by Gasteiger charge is -2.20. The van der Waals surface area contributed by atoms with Crippen molar-refractivity contribution in [3.05, 3.63) is 16.2 Å². The molecular weight excluding hydrogens is 293 g/mol. The first-order valence-corrected chi connectivity index (χ1v) is 6.08. The number of pyridine rings is 1. The van der Waals surface area contributed by atoms with Gasteiger partial charge in [0, 0.05) is 23.6 Å². The SMILES string of the molecule is Cc1c(Br)cnc(N)c1N1CC(Cl)CC1=O. The van der Waals surface area contributed by atoms with Gasteiger partial charge in [0.1, 0.15) is 5.82 Å². The van der Waals surface area contributed by atoms with Crippen LogP contribution in [0.1, 0.15) is 12.0 Å². The minimum atomic E-state index is -0.148. The van der Waals surface area contributed by atoms with Gasteiger partial charge in [-0.1, -0.05) is 0 Å². The van der Waals surface area contributed by atoms with Crippen molar-refractivity contribution in [1.29, 1.82) is 0 Å². The molecule has 1 aromatic heterocycles. The van der Waals surface area contributed by atoms with Crippen LogP contribution >= 0.6 is 27.5 Å². The third kappa shape index (κ3) is 1.89. The summed E-state index contributed by atoms with van der Waals surface area (Å²) < 4.78 is 0.836. The van der Waals surface area contributed by atoms with Gasteiger partial charge in [-0.05, 0) is 28.4 Å². The first kappa shape index (κ1) is 11.7. The lowest BCUT2D eigenvalue weighted by atomic mass is 10.2. The number of anilines is 2. The first-order valence-electron chi connectivity index (χ1n) is 4.85. The van der Waals surface area contributed by atoms with Crippen molar-refractivity contribution in [1.82, 2.24) is 4.98 Å². The minimum Gasteiger partial charge on any atom is -0.382 e. The predicted molar refractivity (Wildman–Crippen MR) is 67.7 cm³/mol. The van der Waals surface area contributed by atoms with E-state index in [0.29, 0.717) is 24.5 Å². The molecule has 86 valence electrons. The molecule has 0 bridgehead atoms. The second kappa shape index (κ2) is 4.22. The highest BCUT2D eigenvalue weighted by Gasteiger charge is 2.31. The van der Waals surface area contributed by atoms with Crippen molar-refractivity contribution in [3.8, 4) is 0 Å². The van der Waals surface area contributed by atoms with Crippen molar-refractivity contribution in [2.24, 2.45) is 0 Å². The smallest absolute Gasteiger partial charge is 0.228 e. The van der Waals surface area contributed by atoms with Gasteiger partial charge in [0.15, 0.2) is 0 Å². The normalized spacial score (nSPS) is 20.6. The van der Waals surface area contributed by atoms with Crippen LogP contribution < -0.4 is 10.6 Å². The number of hydrogen-bond donors (Lipinski definition) is 1. The van der Waals surface area contributed by atoms with Gasteiger partial charge < -0.3 is 10.6 Å². The summed E-state index contributed by atoms with van der Waals surface area (Å²) in [6, 6.07) is 0. The van der Waals surface area contributed by atoms with Crippen molar-refractivity contribution in [2.45, 2.75) is 18.7 Å². The van der Waals surface area contributed by atoms with Crippen LogP contribution in [0.3, 0.4) is 0 Å². The van der Waals surface area contributed by atoms with Crippen LogP contribution in [0.15, 0.2) is 10.7 Å². The number of carbonyl (C=O) groups is 1. The molecule has 0 radical (unpaired) electrons. The van der Waals surface area contributed by atoms with E-state index >= 15 is 0 Å². The van der Waals surface area contributed by atoms with E-state index in [9.17, 15) is 4.79 Å². The van der Waals surface area contributed by atoms with Gasteiger partial charge >= 0.3 is 0 Å². The second-order valence-corrected chi connectivity index (χ2v) is 5.24. The van der Waals surface area contributed by atoms with Crippen LogP contribution in [0.25, 0.3) is 0 Å². The summed E-state index contributed by atoms with van der Waals surface area (Å²) in [6.07, 6.45) is 1.99. The number of nitrogens with two attached hydrogens (primary N) is 1. The summed E-state index contributed by atoms with van der Waals surface area (Å²) in [5, 5.41) is -0.148. The van der Waals surface area contributed by atoms with Gasteiger partial charge in [-0.2, -0.15) is 0 Å². The number of amides is 1. The Bertz CT molecular complexity index is 452. The number of nitrogens with zero attached hydrogens (tertiary/aromatic N) is 2. The number of carbonyl (C=O) groups excluding carboxylic acids is 1. The van der Waals surface area contributed by atoms with Gasteiger partial charge in [-0.15, -0.1) is 11.6 Å². The molecule has 1 unspecified atom stereocenters. The molecule has 6 heteroatoms. The van der Waals surface area contributed by atoms with Gasteiger partial charge in [0.25, 0.3) is 0 Å². The summed E-state index contributed by atoms with van der Waals surface area (Å²) >= 11 is 9.33. The maximum atomic E-state index is 11.7. The monoisotopic (exact) mass is 303 g/mol. The Kier molecular flexibility index (Phi) is 3.08. The summed E-state index contributed by atoms with van der Waals surface area (Å²) in [6.45, 7) is 2.38. The molecule has 1 fully saturated rings. The molecule has 1 amide bonds. The highest BCUT2D eigenvalue weighted by molar-refractivity contribution is 9.10. The molecule has 1 aliphatic rings. The second-order valence-electron chi connectivity index (χ2n) is 3.77. The molecule has 1 aromatic rings. The zero-order valence-corrected chi connectivity index (χ0v) is 11.0. The summed E-state index contributed by atoms with van der Waals surface area (Å²) in [5.41, 5.74) is 7.39. The lowest BCUT2D eigenvalue weighted by molar-refractivity contribution is -0.117. The zero-order chi connectivity index (χ0) is 11.9. The van der Waals surface area contributed by atoms with Gasteiger partial charge in [-0.25, -0.2) is 4.98 Å². The van der Waals surface area contributed by atoms with Crippen LogP contribution in [-0.2, 0) is 4.79 Å². The van der Waals surface area contributed by atoms with Crippen molar-refractivity contribution >= 4 is 44.9 Å². The highest BCUT2D eigenvalue weighted by atomic mass is 79.9. The van der Waals surface area contributed by atoms with E-state index < -0.39 is 0 Å². The Morgan fingerprint density at radius 1 is 1.69 bits per heavy atom. The van der Waals surface area contributed by atoms with E-state index in [1.54, 1.807) is 11.1 Å². The molecule has 2 rings (SSSR count). The van der Waals surface area contributed by atoms with Crippen LogP contribution in [0.4, 0.5) is 11.5 Å². The van der Waals surface area contributed by atoms with E-state index in [0.717, 1.165) is 10.0 Å². The van der Waals surface area contributed by atoms with Gasteiger partial charge in [-0.3, -0.25) is 4.79 Å². The Balaban J connectivity index is 2.48. The Morgan fingerprint density at radius 2 is 2.38 bits per heavy atom. The standard InChI is InChI=1S/C10H11BrClN3O/c1-5-7(11)3-14-10(13)9(5)15-4-6(12)2-8(15)16/h3,6H,2,4H2,1H3,(H2,13,14). The molecule has 4 nitrogen and oxygen atoms in total. The fourth-order valence-electron chi connectivity index (χ4n) is 1.81. The molecular formula is C10H11BrClN3O. The molecule has 1 aliphatic heterocycles. The van der Waals surface area contributed by atoms with E-state index in [1.807, 2.05) is 6.92 Å². The van der Waals surface area contributed by atoms with Crippen molar-refractivity contribution in [2.75, 3.05) is 17.2 Å². The van der Waals surface area contributed by atoms with E-state index in [-0.39, 0.29) is 11.3 Å². The number of halogens is 2. The Labute approximate surface area is 107 Å². The number of alkyl halides is 1. The number of rotatable bonds is 1. The van der Waals surface area contributed by atoms with E-state index in [1.165, 1.54) is 0 Å². The van der Waals surface area contributed by atoms with Crippen LogP contribution in [-0.4, -0.2) is 22.8 Å². The van der Waals surface area contributed by atoms with E-state index in [2.05, 4.69) is 20.9 Å². The molecule has 2 N–H and O–H groups in total. The van der Waals surface area contributed by atoms with Crippen molar-refractivity contribution < 1.29 is 4.79 Å². The number of hydrogen-bond acceptors (Lipinski definition) is 3. The average Bonchev–Trinajstić information content (AvgIpc) is 2.53. The van der Waals surface area contributed by atoms with Crippen LogP contribution in [0.2, 0.25) is 0 Å². The largest absolute Gasteiger partial charge is 0.382 e. The molecule has 0 aliphatic carbocycles. The minimum absolute atomic E-state index is 0.00491. The predicted octanol–water partition coefficient (Wildman–Crippen LogP) is 2.08. The highest BCUT2D eigenvalue weighted by Crippen LogP contribution is 2.34. The quantitative estimate of drug-likeness (QED) is 0.808. The zero-order valence-electron chi connectivity index (χ0n) is 8.70. The van der Waals surface area contributed by atoms with E-state index in [4.69, 9.17) is 17.3 Å². The maximum absolute atomic E-state index is 11.7. The fourth-order valence-corrected chi connectivity index (χ4v) is 2.37. The summed E-state index contributed by atoms with van der Waals surface area (Å²) in [4.78, 5) is 17.4. The van der Waals surface area contributed by atoms with Crippen LogP contribution in [0.5, 0.6) is 0 Å². The summed E-state index contributed by atoms with van der Waals surface area (Å²) in [7, 11) is 0. The van der Waals surface area contributed by atoms with Crippen molar-refractivity contribution in [3.63, 3.8) is 0 Å². The number of nitrogen functional groups attached to an aromatic ring is 1. The molecule has 2 heterocycles. The Hall–Kier alpha value is -0.810. The van der Waals surface area contributed by atoms with Gasteiger partial charge in [0.05, 0.1) is 11.1 Å². The molecule has 0 spiro atoms. The maximum Gasteiger partial charge on any atom is 0.228 e. The average molecular weight is 305 g/mol. The molecule has 0 aromatic carbocycles. The molecule has 1 saturated heterocycles. The van der Waals surface area contributed by atoms with Crippen LogP contribution in [0, 0.1) is 6.92 Å². The molecule has 16 heavy (non-hydrogen) atoms. The number of aromatic nitrogens is 1. The van der Waals surface area contributed by atoms with Gasteiger partial charge in [0.2, 0.25) is 5.91 Å². The molecule has 1 atom stereocenters. The third-order valence-corrected chi connectivity index (χ3v) is 3.71.